The van der Waals surface area contributed by atoms with Gasteiger partial charge in [-0.3, -0.25) is 4.79 Å². The largest absolute Gasteiger partial charge is 0.497 e. The molecular weight excluding hydrogens is 312 g/mol. The van der Waals surface area contributed by atoms with Gasteiger partial charge in [-0.2, -0.15) is 0 Å². The molecule has 0 bridgehead atoms. The van der Waals surface area contributed by atoms with Crippen LogP contribution in [-0.2, 0) is 6.42 Å². The number of methoxy groups -OCH3 is 1. The van der Waals surface area contributed by atoms with E-state index >= 15 is 0 Å². The fourth-order valence-corrected chi connectivity index (χ4v) is 2.97. The molecule has 0 saturated carbocycles. The molecule has 5 heteroatoms. The van der Waals surface area contributed by atoms with Crippen LogP contribution in [0.5, 0.6) is 5.75 Å². The average molecular weight is 333 g/mol. The van der Waals surface area contributed by atoms with Gasteiger partial charge in [-0.1, -0.05) is 6.07 Å². The molecule has 2 aromatic carbocycles. The monoisotopic (exact) mass is 332 g/mol. The minimum Gasteiger partial charge on any atom is -0.497 e. The lowest BCUT2D eigenvalue weighted by Crippen LogP contribution is -2.31. The molecule has 122 valence electrons. The third-order valence-corrected chi connectivity index (χ3v) is 4.14. The molecule has 0 saturated heterocycles. The Labute approximate surface area is 142 Å². The van der Waals surface area contributed by atoms with Gasteiger partial charge in [0.2, 0.25) is 0 Å². The number of anilines is 1. The van der Waals surface area contributed by atoms with Crippen LogP contribution in [0.1, 0.15) is 40.4 Å². The van der Waals surface area contributed by atoms with Crippen LogP contribution < -0.4 is 15.8 Å². The van der Waals surface area contributed by atoms with E-state index in [1.54, 1.807) is 31.4 Å². The van der Waals surface area contributed by atoms with Crippen LogP contribution in [0, 0.1) is 0 Å². The van der Waals surface area contributed by atoms with E-state index in [-0.39, 0.29) is 24.4 Å². The van der Waals surface area contributed by atoms with Gasteiger partial charge in [0, 0.05) is 11.3 Å². The van der Waals surface area contributed by atoms with Gasteiger partial charge in [0.25, 0.3) is 5.91 Å². The number of amides is 1. The molecule has 4 nitrogen and oxygen atoms in total. The maximum absolute atomic E-state index is 12.4. The Kier molecular flexibility index (Phi) is 5.50. The molecule has 0 spiro atoms. The third-order valence-electron chi connectivity index (χ3n) is 4.14. The first-order valence-corrected chi connectivity index (χ1v) is 7.50. The smallest absolute Gasteiger partial charge is 0.251 e. The topological polar surface area (TPSA) is 64.3 Å². The summed E-state index contributed by atoms with van der Waals surface area (Å²) >= 11 is 0. The van der Waals surface area contributed by atoms with Gasteiger partial charge >= 0.3 is 0 Å². The summed E-state index contributed by atoms with van der Waals surface area (Å²) in [6.07, 6.45) is 3.04. The molecule has 23 heavy (non-hydrogen) atoms. The molecule has 3 N–H and O–H groups in total. The first-order chi connectivity index (χ1) is 10.7. The molecule has 0 aliphatic heterocycles. The summed E-state index contributed by atoms with van der Waals surface area (Å²) in [6, 6.07) is 13.1. The summed E-state index contributed by atoms with van der Waals surface area (Å²) in [5, 5.41) is 3.13. The number of hydrogen-bond acceptors (Lipinski definition) is 3. The predicted octanol–water partition coefficient (Wildman–Crippen LogP) is 3.51. The number of rotatable bonds is 3. The van der Waals surface area contributed by atoms with Gasteiger partial charge in [-0.05, 0) is 66.8 Å². The minimum atomic E-state index is -0.0580. The first-order valence-electron chi connectivity index (χ1n) is 7.50. The van der Waals surface area contributed by atoms with E-state index in [2.05, 4.69) is 5.32 Å². The Balaban J connectivity index is 0.00000192. The van der Waals surface area contributed by atoms with Gasteiger partial charge in [0.1, 0.15) is 5.75 Å². The fourth-order valence-electron chi connectivity index (χ4n) is 2.97. The normalized spacial score (nSPS) is 16.0. The molecule has 2 aromatic rings. The van der Waals surface area contributed by atoms with Crippen molar-refractivity contribution in [1.82, 2.24) is 5.32 Å². The Bertz CT molecular complexity index is 686. The highest BCUT2D eigenvalue weighted by Crippen LogP contribution is 2.31. The van der Waals surface area contributed by atoms with Crippen molar-refractivity contribution >= 4 is 24.0 Å². The molecule has 0 fully saturated rings. The number of hydrogen-bond donors (Lipinski definition) is 2. The number of nitrogens with one attached hydrogen (secondary N) is 1. The predicted molar refractivity (Wildman–Crippen MR) is 94.2 cm³/mol. The van der Waals surface area contributed by atoms with Crippen molar-refractivity contribution < 1.29 is 9.53 Å². The van der Waals surface area contributed by atoms with Crippen molar-refractivity contribution in [3.63, 3.8) is 0 Å². The molecule has 0 radical (unpaired) electrons. The third kappa shape index (κ3) is 3.77. The van der Waals surface area contributed by atoms with Crippen LogP contribution in [0.4, 0.5) is 5.69 Å². The van der Waals surface area contributed by atoms with Gasteiger partial charge in [-0.25, -0.2) is 0 Å². The Morgan fingerprint density at radius 3 is 2.65 bits per heavy atom. The summed E-state index contributed by atoms with van der Waals surface area (Å²) in [7, 11) is 1.61. The van der Waals surface area contributed by atoms with Crippen molar-refractivity contribution in [3.05, 3.63) is 59.2 Å². The standard InChI is InChI=1S/C18H20N2O2.ClH/c1-22-15-8-5-12(6-9-15)18(21)20-17-4-2-3-13-11-14(19)7-10-16(13)17;/h5-11,17H,2-4,19H2,1H3,(H,20,21);1H. The quantitative estimate of drug-likeness (QED) is 0.845. The highest BCUT2D eigenvalue weighted by atomic mass is 35.5. The van der Waals surface area contributed by atoms with Crippen molar-refractivity contribution in [2.45, 2.75) is 25.3 Å². The second-order valence-corrected chi connectivity index (χ2v) is 5.61. The van der Waals surface area contributed by atoms with E-state index in [9.17, 15) is 4.79 Å². The lowest BCUT2D eigenvalue weighted by Gasteiger charge is -2.26. The summed E-state index contributed by atoms with van der Waals surface area (Å²) in [4.78, 5) is 12.4. The maximum Gasteiger partial charge on any atom is 0.251 e. The lowest BCUT2D eigenvalue weighted by molar-refractivity contribution is 0.0932. The average Bonchev–Trinajstić information content (AvgIpc) is 2.55. The second kappa shape index (κ2) is 7.38. The van der Waals surface area contributed by atoms with Crippen molar-refractivity contribution in [3.8, 4) is 5.75 Å². The van der Waals surface area contributed by atoms with Gasteiger partial charge in [0.15, 0.2) is 0 Å². The summed E-state index contributed by atoms with van der Waals surface area (Å²) in [5.41, 5.74) is 9.69. The van der Waals surface area contributed by atoms with Crippen molar-refractivity contribution in [2.75, 3.05) is 12.8 Å². The zero-order valence-electron chi connectivity index (χ0n) is 13.0. The number of nitrogen functional groups attached to an aromatic ring is 1. The highest BCUT2D eigenvalue weighted by Gasteiger charge is 2.22. The van der Waals surface area contributed by atoms with Crippen molar-refractivity contribution in [2.24, 2.45) is 0 Å². The molecule has 3 rings (SSSR count). The number of nitrogens with two attached hydrogens (primary N) is 1. The first kappa shape index (κ1) is 17.2. The fraction of sp³-hybridized carbons (Fsp3) is 0.278. The van der Waals surface area contributed by atoms with Crippen LogP contribution in [0.2, 0.25) is 0 Å². The molecular formula is C18H21ClN2O2. The van der Waals surface area contributed by atoms with E-state index in [1.165, 1.54) is 11.1 Å². The van der Waals surface area contributed by atoms with Crippen LogP contribution in [0.25, 0.3) is 0 Å². The van der Waals surface area contributed by atoms with Crippen LogP contribution in [0.3, 0.4) is 0 Å². The number of halogens is 1. The Morgan fingerprint density at radius 1 is 1.22 bits per heavy atom. The maximum atomic E-state index is 12.4. The zero-order chi connectivity index (χ0) is 15.5. The molecule has 1 amide bonds. The number of carbonyl (C=O) groups excluding carboxylic acids is 1. The number of fused-ring (bicyclic) bond motifs is 1. The molecule has 1 aliphatic rings. The SMILES string of the molecule is COc1ccc(C(=O)NC2CCCc3cc(N)ccc32)cc1.Cl. The highest BCUT2D eigenvalue weighted by molar-refractivity contribution is 5.94. The molecule has 1 unspecified atom stereocenters. The zero-order valence-corrected chi connectivity index (χ0v) is 13.9. The molecule has 0 heterocycles. The summed E-state index contributed by atoms with van der Waals surface area (Å²) < 4.78 is 5.11. The van der Waals surface area contributed by atoms with E-state index in [1.807, 2.05) is 18.2 Å². The van der Waals surface area contributed by atoms with E-state index in [4.69, 9.17) is 10.5 Å². The van der Waals surface area contributed by atoms with E-state index in [0.29, 0.717) is 5.56 Å². The number of ether oxygens (including phenoxy) is 1. The van der Waals surface area contributed by atoms with Gasteiger partial charge in [0.05, 0.1) is 13.2 Å². The van der Waals surface area contributed by atoms with Gasteiger partial charge < -0.3 is 15.8 Å². The van der Waals surface area contributed by atoms with Gasteiger partial charge in [-0.15, -0.1) is 12.4 Å². The Hall–Kier alpha value is -2.20. The van der Waals surface area contributed by atoms with Crippen molar-refractivity contribution in [1.29, 1.82) is 0 Å². The Morgan fingerprint density at radius 2 is 1.96 bits per heavy atom. The second-order valence-electron chi connectivity index (χ2n) is 5.61. The number of benzene rings is 2. The van der Waals surface area contributed by atoms with Crippen LogP contribution in [0.15, 0.2) is 42.5 Å². The summed E-state index contributed by atoms with van der Waals surface area (Å²) in [6.45, 7) is 0. The number of aryl methyl sites for hydroxylation is 1. The molecule has 1 atom stereocenters. The number of carbonyl (C=O) groups is 1. The summed E-state index contributed by atoms with van der Waals surface area (Å²) in [5.74, 6) is 0.687. The van der Waals surface area contributed by atoms with E-state index in [0.717, 1.165) is 30.7 Å². The van der Waals surface area contributed by atoms with E-state index < -0.39 is 0 Å². The molecule has 1 aliphatic carbocycles. The molecule has 0 aromatic heterocycles. The van der Waals surface area contributed by atoms with Crippen LogP contribution >= 0.6 is 12.4 Å². The minimum absolute atomic E-state index is 0. The van der Waals surface area contributed by atoms with Crippen LogP contribution in [-0.4, -0.2) is 13.0 Å². The lowest BCUT2D eigenvalue weighted by atomic mass is 9.87.